The van der Waals surface area contributed by atoms with Gasteiger partial charge in [0.25, 0.3) is 5.91 Å². The number of ether oxygens (including phenoxy) is 1. The van der Waals surface area contributed by atoms with Crippen LogP contribution in [0, 0.1) is 10.5 Å². The molecule has 0 radical (unpaired) electrons. The Morgan fingerprint density at radius 1 is 1.40 bits per heavy atom. The number of carbonyl (C=O) groups excluding carboxylic acids is 1. The molecule has 0 bridgehead atoms. The number of aryl methyl sites for hydroxylation is 1. The zero-order valence-electron chi connectivity index (χ0n) is 10.9. The summed E-state index contributed by atoms with van der Waals surface area (Å²) in [7, 11) is 1.52. The predicted octanol–water partition coefficient (Wildman–Crippen LogP) is 3.91. The number of nitrogens with one attached hydrogen (secondary N) is 1. The Morgan fingerprint density at radius 2 is 2.15 bits per heavy atom. The fourth-order valence-corrected chi connectivity index (χ4v) is 2.30. The Labute approximate surface area is 135 Å². The average Bonchev–Trinajstić information content (AvgIpc) is 2.41. The number of nitrogens with zero attached hydrogens (tertiary/aromatic N) is 1. The number of carbonyl (C=O) groups is 1. The number of aromatic nitrogens is 1. The molecule has 2 rings (SSSR count). The number of anilines is 1. The van der Waals surface area contributed by atoms with Gasteiger partial charge in [0.05, 0.1) is 17.7 Å². The molecule has 0 saturated carbocycles. The minimum absolute atomic E-state index is 0.272. The van der Waals surface area contributed by atoms with Crippen LogP contribution in [-0.2, 0) is 0 Å². The minimum Gasteiger partial charge on any atom is -0.496 e. The van der Waals surface area contributed by atoms with Crippen LogP contribution in [0.15, 0.2) is 30.5 Å². The summed E-state index contributed by atoms with van der Waals surface area (Å²) in [6, 6.07) is 6.85. The molecule has 0 atom stereocenters. The molecule has 0 unspecified atom stereocenters. The van der Waals surface area contributed by atoms with Crippen molar-refractivity contribution in [3.05, 3.63) is 50.3 Å². The molecule has 1 aromatic heterocycles. The summed E-state index contributed by atoms with van der Waals surface area (Å²) in [5.41, 5.74) is 1.90. The molecule has 6 heteroatoms. The quantitative estimate of drug-likeness (QED) is 0.792. The minimum atomic E-state index is -0.272. The van der Waals surface area contributed by atoms with E-state index in [0.29, 0.717) is 22.0 Å². The van der Waals surface area contributed by atoms with Crippen LogP contribution in [0.25, 0.3) is 0 Å². The van der Waals surface area contributed by atoms with E-state index in [-0.39, 0.29) is 5.91 Å². The maximum Gasteiger partial charge on any atom is 0.259 e. The van der Waals surface area contributed by atoms with Crippen LogP contribution in [0.2, 0.25) is 5.02 Å². The van der Waals surface area contributed by atoms with Gasteiger partial charge in [-0.15, -0.1) is 0 Å². The standard InChI is InChI=1S/C14H12ClIN2O2/c1-8-5-9(3-4-17-8)18-14(19)10-6-11(15)12(16)7-13(10)20-2/h3-7H,1-2H3,(H,17,18,19). The predicted molar refractivity (Wildman–Crippen MR) is 87.6 cm³/mol. The van der Waals surface area contributed by atoms with E-state index >= 15 is 0 Å². The van der Waals surface area contributed by atoms with Crippen molar-refractivity contribution in [3.8, 4) is 5.75 Å². The van der Waals surface area contributed by atoms with Crippen molar-refractivity contribution in [2.75, 3.05) is 12.4 Å². The zero-order chi connectivity index (χ0) is 14.7. The van der Waals surface area contributed by atoms with Gasteiger partial charge in [-0.1, -0.05) is 11.6 Å². The second kappa shape index (κ2) is 6.41. The van der Waals surface area contributed by atoms with Crippen molar-refractivity contribution < 1.29 is 9.53 Å². The molecular formula is C14H12ClIN2O2. The third-order valence-electron chi connectivity index (χ3n) is 2.64. The first-order chi connectivity index (χ1) is 9.51. The van der Waals surface area contributed by atoms with Gasteiger partial charge >= 0.3 is 0 Å². The summed E-state index contributed by atoms with van der Waals surface area (Å²) >= 11 is 8.15. The molecule has 1 aromatic carbocycles. The van der Waals surface area contributed by atoms with Gasteiger partial charge in [0.15, 0.2) is 0 Å². The van der Waals surface area contributed by atoms with Crippen LogP contribution < -0.4 is 10.1 Å². The lowest BCUT2D eigenvalue weighted by Crippen LogP contribution is -2.13. The second-order valence-corrected chi connectivity index (χ2v) is 5.68. The molecule has 0 saturated heterocycles. The van der Waals surface area contributed by atoms with Crippen LogP contribution in [0.3, 0.4) is 0 Å². The highest BCUT2D eigenvalue weighted by Gasteiger charge is 2.15. The van der Waals surface area contributed by atoms with E-state index in [4.69, 9.17) is 16.3 Å². The number of methoxy groups -OCH3 is 1. The number of halogens is 2. The van der Waals surface area contributed by atoms with Gasteiger partial charge in [-0.2, -0.15) is 0 Å². The Hall–Kier alpha value is -1.34. The molecule has 0 aliphatic heterocycles. The van der Waals surface area contributed by atoms with Gasteiger partial charge in [0, 0.05) is 21.1 Å². The van der Waals surface area contributed by atoms with Crippen LogP contribution in [0.5, 0.6) is 5.75 Å². The Balaban J connectivity index is 2.31. The van der Waals surface area contributed by atoms with Gasteiger partial charge in [0.1, 0.15) is 5.75 Å². The van der Waals surface area contributed by atoms with Gasteiger partial charge < -0.3 is 10.1 Å². The molecule has 0 aliphatic rings. The van der Waals surface area contributed by atoms with Crippen molar-refractivity contribution in [2.24, 2.45) is 0 Å². The Kier molecular flexibility index (Phi) is 4.82. The number of hydrogen-bond acceptors (Lipinski definition) is 3. The van der Waals surface area contributed by atoms with Crippen molar-refractivity contribution in [1.29, 1.82) is 0 Å². The van der Waals surface area contributed by atoms with Gasteiger partial charge in [0.2, 0.25) is 0 Å². The van der Waals surface area contributed by atoms with Crippen LogP contribution in [-0.4, -0.2) is 18.0 Å². The van der Waals surface area contributed by atoms with E-state index in [2.05, 4.69) is 32.9 Å². The summed E-state index contributed by atoms with van der Waals surface area (Å²) in [6.45, 7) is 1.86. The monoisotopic (exact) mass is 402 g/mol. The topological polar surface area (TPSA) is 51.2 Å². The summed E-state index contributed by atoms with van der Waals surface area (Å²) in [5, 5.41) is 3.32. The number of pyridine rings is 1. The first-order valence-electron chi connectivity index (χ1n) is 5.78. The summed E-state index contributed by atoms with van der Waals surface area (Å²) in [5.74, 6) is 0.216. The summed E-state index contributed by atoms with van der Waals surface area (Å²) in [6.07, 6.45) is 1.64. The summed E-state index contributed by atoms with van der Waals surface area (Å²) in [4.78, 5) is 16.4. The molecule has 104 valence electrons. The van der Waals surface area contributed by atoms with Crippen molar-refractivity contribution in [3.63, 3.8) is 0 Å². The molecule has 1 heterocycles. The van der Waals surface area contributed by atoms with E-state index in [1.807, 2.05) is 6.92 Å². The first-order valence-corrected chi connectivity index (χ1v) is 7.24. The molecule has 0 aliphatic carbocycles. The molecule has 2 aromatic rings. The lowest BCUT2D eigenvalue weighted by Gasteiger charge is -2.11. The van der Waals surface area contributed by atoms with Gasteiger partial charge in [-0.3, -0.25) is 9.78 Å². The molecule has 0 fully saturated rings. The van der Waals surface area contributed by atoms with Crippen LogP contribution in [0.4, 0.5) is 5.69 Å². The van der Waals surface area contributed by atoms with Gasteiger partial charge in [-0.05, 0) is 53.8 Å². The van der Waals surface area contributed by atoms with E-state index in [1.54, 1.807) is 30.5 Å². The highest BCUT2D eigenvalue weighted by atomic mass is 127. The maximum absolute atomic E-state index is 12.3. The molecule has 4 nitrogen and oxygen atoms in total. The highest BCUT2D eigenvalue weighted by molar-refractivity contribution is 14.1. The Morgan fingerprint density at radius 3 is 2.80 bits per heavy atom. The van der Waals surface area contributed by atoms with Crippen LogP contribution >= 0.6 is 34.2 Å². The first kappa shape index (κ1) is 15.1. The van der Waals surface area contributed by atoms with Crippen molar-refractivity contribution in [1.82, 2.24) is 4.98 Å². The average molecular weight is 403 g/mol. The molecule has 20 heavy (non-hydrogen) atoms. The fourth-order valence-electron chi connectivity index (χ4n) is 1.70. The fraction of sp³-hybridized carbons (Fsp3) is 0.143. The number of rotatable bonds is 3. The highest BCUT2D eigenvalue weighted by Crippen LogP contribution is 2.28. The molecular weight excluding hydrogens is 391 g/mol. The normalized spacial score (nSPS) is 10.2. The number of amides is 1. The van der Waals surface area contributed by atoms with Gasteiger partial charge in [-0.25, -0.2) is 0 Å². The molecule has 0 spiro atoms. The van der Waals surface area contributed by atoms with Crippen LogP contribution in [0.1, 0.15) is 16.1 Å². The summed E-state index contributed by atoms with van der Waals surface area (Å²) < 4.78 is 6.06. The third-order valence-corrected chi connectivity index (χ3v) is 4.17. The lowest BCUT2D eigenvalue weighted by molar-refractivity contribution is 0.102. The third kappa shape index (κ3) is 3.40. The van der Waals surface area contributed by atoms with Crippen molar-refractivity contribution >= 4 is 45.8 Å². The van der Waals surface area contributed by atoms with E-state index < -0.39 is 0 Å². The number of hydrogen-bond donors (Lipinski definition) is 1. The number of benzene rings is 1. The largest absolute Gasteiger partial charge is 0.496 e. The second-order valence-electron chi connectivity index (χ2n) is 4.11. The Bertz CT molecular complexity index is 662. The zero-order valence-corrected chi connectivity index (χ0v) is 13.8. The van der Waals surface area contributed by atoms with Crippen molar-refractivity contribution in [2.45, 2.75) is 6.92 Å². The van der Waals surface area contributed by atoms with E-state index in [9.17, 15) is 4.79 Å². The molecule has 1 amide bonds. The SMILES string of the molecule is COc1cc(I)c(Cl)cc1C(=O)Nc1ccnc(C)c1. The van der Waals surface area contributed by atoms with E-state index in [1.165, 1.54) is 7.11 Å². The smallest absolute Gasteiger partial charge is 0.259 e. The lowest BCUT2D eigenvalue weighted by atomic mass is 10.2. The maximum atomic E-state index is 12.3. The van der Waals surface area contributed by atoms with E-state index in [0.717, 1.165) is 9.26 Å². The molecule has 1 N–H and O–H groups in total.